The molecule has 30 heavy (non-hydrogen) atoms. The molecule has 7 nitrogen and oxygen atoms in total. The van der Waals surface area contributed by atoms with E-state index < -0.39 is 22.0 Å². The Balaban J connectivity index is 2.37. The van der Waals surface area contributed by atoms with Crippen molar-refractivity contribution in [3.05, 3.63) is 53.1 Å². The molecule has 8 heteroatoms. The van der Waals surface area contributed by atoms with Gasteiger partial charge in [0.15, 0.2) is 0 Å². The number of aryl methyl sites for hydroxylation is 2. The van der Waals surface area contributed by atoms with Gasteiger partial charge in [-0.2, -0.15) is 0 Å². The molecule has 0 radical (unpaired) electrons. The van der Waals surface area contributed by atoms with Crippen LogP contribution in [0.2, 0.25) is 0 Å². The molecule has 0 saturated carbocycles. The second kappa shape index (κ2) is 9.38. The van der Waals surface area contributed by atoms with Crippen LogP contribution in [-0.4, -0.2) is 40.8 Å². The summed E-state index contributed by atoms with van der Waals surface area (Å²) >= 11 is 0. The maximum Gasteiger partial charge on any atom is 0.244 e. The van der Waals surface area contributed by atoms with Gasteiger partial charge in [0.2, 0.25) is 15.9 Å². The molecular weight excluding hydrogens is 404 g/mol. The van der Waals surface area contributed by atoms with Crippen molar-refractivity contribution >= 4 is 21.6 Å². The normalized spacial score (nSPS) is 13.3. The molecule has 2 aromatic carbocycles. The average Bonchev–Trinajstić information content (AvgIpc) is 2.68. The van der Waals surface area contributed by atoms with Gasteiger partial charge in [-0.15, -0.1) is 0 Å². The zero-order valence-corrected chi connectivity index (χ0v) is 19.3. The Morgan fingerprint density at radius 3 is 2.20 bits per heavy atom. The first kappa shape index (κ1) is 23.5. The van der Waals surface area contributed by atoms with E-state index in [1.807, 2.05) is 39.0 Å². The lowest BCUT2D eigenvalue weighted by Crippen LogP contribution is -2.48. The van der Waals surface area contributed by atoms with Crippen LogP contribution in [0, 0.1) is 13.8 Å². The first-order valence-electron chi connectivity index (χ1n) is 9.58. The van der Waals surface area contributed by atoms with Crippen molar-refractivity contribution in [2.45, 2.75) is 39.8 Å². The van der Waals surface area contributed by atoms with Gasteiger partial charge < -0.3 is 14.8 Å². The van der Waals surface area contributed by atoms with Crippen molar-refractivity contribution in [3.63, 3.8) is 0 Å². The summed E-state index contributed by atoms with van der Waals surface area (Å²) < 4.78 is 36.9. The Labute approximate surface area is 179 Å². The van der Waals surface area contributed by atoms with E-state index in [1.54, 1.807) is 19.1 Å². The van der Waals surface area contributed by atoms with Crippen LogP contribution < -0.4 is 19.1 Å². The Kier molecular flexibility index (Phi) is 7.36. The van der Waals surface area contributed by atoms with Gasteiger partial charge in [0.25, 0.3) is 0 Å². The molecule has 164 valence electrons. The SMILES string of the molecule is COc1ccc(OC)c(N([C@H](C)C(=O)N[C@H](C)c2ccc(C)c(C)c2)S(C)(=O)=O)c1. The first-order valence-corrected chi connectivity index (χ1v) is 11.4. The van der Waals surface area contributed by atoms with Crippen LogP contribution in [0.5, 0.6) is 11.5 Å². The highest BCUT2D eigenvalue weighted by Gasteiger charge is 2.32. The number of methoxy groups -OCH3 is 2. The molecule has 0 fully saturated rings. The van der Waals surface area contributed by atoms with E-state index in [-0.39, 0.29) is 11.7 Å². The van der Waals surface area contributed by atoms with Gasteiger partial charge in [0, 0.05) is 6.07 Å². The fourth-order valence-electron chi connectivity index (χ4n) is 3.20. The third-order valence-corrected chi connectivity index (χ3v) is 6.33. The number of hydrogen-bond acceptors (Lipinski definition) is 5. The fraction of sp³-hybridized carbons (Fsp3) is 0.409. The summed E-state index contributed by atoms with van der Waals surface area (Å²) in [5.41, 5.74) is 3.48. The lowest BCUT2D eigenvalue weighted by Gasteiger charge is -2.30. The summed E-state index contributed by atoms with van der Waals surface area (Å²) in [5.74, 6) is 0.356. The summed E-state index contributed by atoms with van der Waals surface area (Å²) in [6.07, 6.45) is 1.06. The smallest absolute Gasteiger partial charge is 0.244 e. The molecule has 0 heterocycles. The highest BCUT2D eigenvalue weighted by atomic mass is 32.2. The van der Waals surface area contributed by atoms with Gasteiger partial charge in [-0.05, 0) is 56.5 Å². The Morgan fingerprint density at radius 1 is 1.00 bits per heavy atom. The summed E-state index contributed by atoms with van der Waals surface area (Å²) in [4.78, 5) is 13.0. The number of sulfonamides is 1. The maximum atomic E-state index is 13.0. The quantitative estimate of drug-likeness (QED) is 0.689. The second-order valence-corrected chi connectivity index (χ2v) is 9.21. The largest absolute Gasteiger partial charge is 0.497 e. The molecule has 0 bridgehead atoms. The number of carbonyl (C=O) groups is 1. The molecule has 0 saturated heterocycles. The van der Waals surface area contributed by atoms with Crippen molar-refractivity contribution in [3.8, 4) is 11.5 Å². The molecular formula is C22H30N2O5S. The number of benzene rings is 2. The number of nitrogens with zero attached hydrogens (tertiary/aromatic N) is 1. The molecule has 0 aliphatic rings. The minimum absolute atomic E-state index is 0.237. The third-order valence-electron chi connectivity index (χ3n) is 5.10. The molecule has 0 aromatic heterocycles. The average molecular weight is 435 g/mol. The molecule has 1 amide bonds. The standard InChI is InChI=1S/C22H30N2O5S/c1-14-8-9-18(12-15(14)2)16(3)23-22(25)17(4)24(30(7,26)27)20-13-19(28-5)10-11-21(20)29-6/h8-13,16-17H,1-7H3,(H,23,25)/t16-,17-/m1/s1. The molecule has 2 atom stereocenters. The molecule has 0 aliphatic heterocycles. The van der Waals surface area contributed by atoms with Gasteiger partial charge in [-0.3, -0.25) is 9.10 Å². The predicted octanol–water partition coefficient (Wildman–Crippen LogP) is 3.35. The van der Waals surface area contributed by atoms with Gasteiger partial charge in [0.05, 0.1) is 32.2 Å². The predicted molar refractivity (Wildman–Crippen MR) is 119 cm³/mol. The number of hydrogen-bond donors (Lipinski definition) is 1. The van der Waals surface area contributed by atoms with E-state index >= 15 is 0 Å². The van der Waals surface area contributed by atoms with E-state index in [0.29, 0.717) is 11.5 Å². The van der Waals surface area contributed by atoms with Crippen LogP contribution in [0.4, 0.5) is 5.69 Å². The molecule has 0 unspecified atom stereocenters. The fourth-order valence-corrected chi connectivity index (χ4v) is 4.37. The third kappa shape index (κ3) is 5.24. The van der Waals surface area contributed by atoms with Gasteiger partial charge >= 0.3 is 0 Å². The summed E-state index contributed by atoms with van der Waals surface area (Å²) in [5, 5.41) is 2.91. The number of rotatable bonds is 8. The van der Waals surface area contributed by atoms with Crippen LogP contribution >= 0.6 is 0 Å². The summed E-state index contributed by atoms with van der Waals surface area (Å²) in [6, 6.07) is 9.49. The number of ether oxygens (including phenoxy) is 2. The van der Waals surface area contributed by atoms with Crippen LogP contribution in [0.1, 0.15) is 36.6 Å². The van der Waals surface area contributed by atoms with E-state index in [1.165, 1.54) is 25.8 Å². The summed E-state index contributed by atoms with van der Waals surface area (Å²) in [7, 11) is -0.869. The zero-order chi connectivity index (χ0) is 22.6. The van der Waals surface area contributed by atoms with E-state index in [0.717, 1.165) is 21.7 Å². The highest BCUT2D eigenvalue weighted by Crippen LogP contribution is 2.35. The van der Waals surface area contributed by atoms with E-state index in [9.17, 15) is 13.2 Å². The minimum Gasteiger partial charge on any atom is -0.497 e. The molecule has 0 aliphatic carbocycles. The topological polar surface area (TPSA) is 84.9 Å². The van der Waals surface area contributed by atoms with Crippen LogP contribution in [0.15, 0.2) is 36.4 Å². The minimum atomic E-state index is -3.80. The molecule has 2 aromatic rings. The number of nitrogens with one attached hydrogen (secondary N) is 1. The Hall–Kier alpha value is -2.74. The Morgan fingerprint density at radius 2 is 1.67 bits per heavy atom. The monoisotopic (exact) mass is 434 g/mol. The van der Waals surface area contributed by atoms with E-state index in [2.05, 4.69) is 5.32 Å². The maximum absolute atomic E-state index is 13.0. The van der Waals surface area contributed by atoms with E-state index in [4.69, 9.17) is 9.47 Å². The molecule has 1 N–H and O–H groups in total. The van der Waals surface area contributed by atoms with Crippen LogP contribution in [0.3, 0.4) is 0 Å². The van der Waals surface area contributed by atoms with Crippen molar-refractivity contribution in [1.82, 2.24) is 5.32 Å². The Bertz CT molecular complexity index is 1020. The van der Waals surface area contributed by atoms with Crippen molar-refractivity contribution in [2.75, 3.05) is 24.8 Å². The highest BCUT2D eigenvalue weighted by molar-refractivity contribution is 7.92. The molecule has 0 spiro atoms. The van der Waals surface area contributed by atoms with Crippen LogP contribution in [0.25, 0.3) is 0 Å². The number of amides is 1. The van der Waals surface area contributed by atoms with Gasteiger partial charge in [-0.25, -0.2) is 8.42 Å². The zero-order valence-electron chi connectivity index (χ0n) is 18.5. The lowest BCUT2D eigenvalue weighted by atomic mass is 10.0. The second-order valence-electron chi connectivity index (χ2n) is 7.35. The summed E-state index contributed by atoms with van der Waals surface area (Å²) in [6.45, 7) is 7.44. The number of carbonyl (C=O) groups excluding carboxylic acids is 1. The first-order chi connectivity index (χ1) is 14.0. The van der Waals surface area contributed by atoms with Crippen molar-refractivity contribution in [2.24, 2.45) is 0 Å². The van der Waals surface area contributed by atoms with Crippen molar-refractivity contribution < 1.29 is 22.7 Å². The molecule has 2 rings (SSSR count). The van der Waals surface area contributed by atoms with Crippen LogP contribution in [-0.2, 0) is 14.8 Å². The number of anilines is 1. The van der Waals surface area contributed by atoms with Crippen molar-refractivity contribution in [1.29, 1.82) is 0 Å². The van der Waals surface area contributed by atoms with Gasteiger partial charge in [0.1, 0.15) is 17.5 Å². The lowest BCUT2D eigenvalue weighted by molar-refractivity contribution is -0.122. The van der Waals surface area contributed by atoms with Gasteiger partial charge in [-0.1, -0.05) is 18.2 Å².